The molecule has 0 heterocycles. The standard InChI is InChI=1S/C17H16Br2N2O2/c1-11-8-14(18)9-15(19)17(11)23-10-16(22)21-20-12(2)13-6-4-3-5-7-13/h3-9H,10H2,1-2H3,(H,21,22)/b20-12+. The van der Waals surface area contributed by atoms with Crippen molar-refractivity contribution in [3.63, 3.8) is 0 Å². The number of benzene rings is 2. The summed E-state index contributed by atoms with van der Waals surface area (Å²) in [5, 5.41) is 4.08. The van der Waals surface area contributed by atoms with Gasteiger partial charge in [0.05, 0.1) is 10.2 Å². The van der Waals surface area contributed by atoms with Gasteiger partial charge < -0.3 is 4.74 Å². The summed E-state index contributed by atoms with van der Waals surface area (Å²) in [7, 11) is 0. The van der Waals surface area contributed by atoms with Crippen molar-refractivity contribution >= 4 is 43.5 Å². The zero-order valence-corrected chi connectivity index (χ0v) is 15.9. The fourth-order valence-corrected chi connectivity index (χ4v) is 3.49. The van der Waals surface area contributed by atoms with Crippen LogP contribution in [0.1, 0.15) is 18.1 Å². The maximum Gasteiger partial charge on any atom is 0.277 e. The Labute approximate surface area is 152 Å². The molecule has 2 aromatic rings. The maximum absolute atomic E-state index is 11.9. The third-order valence-corrected chi connectivity index (χ3v) is 4.13. The molecule has 0 aromatic heterocycles. The number of hydrazone groups is 1. The summed E-state index contributed by atoms with van der Waals surface area (Å²) in [6.45, 7) is 3.65. The number of ether oxygens (including phenoxy) is 1. The van der Waals surface area contributed by atoms with Crippen molar-refractivity contribution in [2.45, 2.75) is 13.8 Å². The second-order valence-electron chi connectivity index (χ2n) is 4.92. The molecule has 4 nitrogen and oxygen atoms in total. The summed E-state index contributed by atoms with van der Waals surface area (Å²) < 4.78 is 7.31. The van der Waals surface area contributed by atoms with Crippen LogP contribution in [0.15, 0.2) is 56.5 Å². The molecule has 0 unspecified atom stereocenters. The Balaban J connectivity index is 1.94. The SMILES string of the molecule is C/C(=N\NC(=O)COc1c(C)cc(Br)cc1Br)c1ccccc1. The van der Waals surface area contributed by atoms with Gasteiger partial charge in [0.15, 0.2) is 6.61 Å². The van der Waals surface area contributed by atoms with Crippen LogP contribution in [0.5, 0.6) is 5.75 Å². The van der Waals surface area contributed by atoms with Crippen molar-refractivity contribution in [3.05, 3.63) is 62.5 Å². The lowest BCUT2D eigenvalue weighted by molar-refractivity contribution is -0.123. The van der Waals surface area contributed by atoms with Gasteiger partial charge in [-0.25, -0.2) is 5.43 Å². The van der Waals surface area contributed by atoms with Gasteiger partial charge >= 0.3 is 0 Å². The highest BCUT2D eigenvalue weighted by atomic mass is 79.9. The Morgan fingerprint density at radius 1 is 1.22 bits per heavy atom. The van der Waals surface area contributed by atoms with Gasteiger partial charge in [-0.3, -0.25) is 4.79 Å². The fraction of sp³-hybridized carbons (Fsp3) is 0.176. The number of rotatable bonds is 5. The highest BCUT2D eigenvalue weighted by molar-refractivity contribution is 9.11. The predicted molar refractivity (Wildman–Crippen MR) is 98.9 cm³/mol. The van der Waals surface area contributed by atoms with Gasteiger partial charge in [-0.05, 0) is 53.0 Å². The molecule has 23 heavy (non-hydrogen) atoms. The zero-order valence-electron chi connectivity index (χ0n) is 12.8. The molecule has 2 rings (SSSR count). The zero-order chi connectivity index (χ0) is 16.8. The summed E-state index contributed by atoms with van der Waals surface area (Å²) in [6, 6.07) is 13.4. The van der Waals surface area contributed by atoms with Crippen molar-refractivity contribution in [2.75, 3.05) is 6.61 Å². The minimum absolute atomic E-state index is 0.105. The molecule has 1 N–H and O–H groups in total. The molecular weight excluding hydrogens is 424 g/mol. The first kappa shape index (κ1) is 17.7. The monoisotopic (exact) mass is 438 g/mol. The molecule has 0 aliphatic rings. The molecule has 120 valence electrons. The summed E-state index contributed by atoms with van der Waals surface area (Å²) in [6.07, 6.45) is 0. The largest absolute Gasteiger partial charge is 0.482 e. The van der Waals surface area contributed by atoms with Gasteiger partial charge in [0.1, 0.15) is 5.75 Å². The van der Waals surface area contributed by atoms with Crippen molar-refractivity contribution in [1.82, 2.24) is 5.43 Å². The molecule has 0 aliphatic heterocycles. The van der Waals surface area contributed by atoms with Crippen molar-refractivity contribution in [1.29, 1.82) is 0 Å². The Kier molecular flexibility index (Phi) is 6.36. The van der Waals surface area contributed by atoms with Crippen LogP contribution < -0.4 is 10.2 Å². The number of hydrogen-bond acceptors (Lipinski definition) is 3. The van der Waals surface area contributed by atoms with Crippen LogP contribution in [-0.2, 0) is 4.79 Å². The second kappa shape index (κ2) is 8.26. The lowest BCUT2D eigenvalue weighted by Crippen LogP contribution is -2.25. The van der Waals surface area contributed by atoms with E-state index in [9.17, 15) is 4.79 Å². The molecule has 0 atom stereocenters. The normalized spacial score (nSPS) is 11.2. The van der Waals surface area contributed by atoms with Gasteiger partial charge in [-0.2, -0.15) is 5.10 Å². The number of hydrogen-bond donors (Lipinski definition) is 1. The highest BCUT2D eigenvalue weighted by Gasteiger charge is 2.09. The smallest absolute Gasteiger partial charge is 0.277 e. The molecular formula is C17H16Br2N2O2. The summed E-state index contributed by atoms with van der Waals surface area (Å²) >= 11 is 6.83. The van der Waals surface area contributed by atoms with Gasteiger partial charge in [0, 0.05) is 4.47 Å². The second-order valence-corrected chi connectivity index (χ2v) is 6.69. The molecule has 0 bridgehead atoms. The first-order valence-corrected chi connectivity index (χ1v) is 8.53. The van der Waals surface area contributed by atoms with E-state index in [1.54, 1.807) is 0 Å². The lowest BCUT2D eigenvalue weighted by atomic mass is 10.1. The van der Waals surface area contributed by atoms with Crippen LogP contribution in [0, 0.1) is 6.92 Å². The van der Waals surface area contributed by atoms with E-state index in [1.165, 1.54) is 0 Å². The Bertz CT molecular complexity index is 708. The molecule has 0 aliphatic carbocycles. The van der Waals surface area contributed by atoms with Crippen LogP contribution in [0.2, 0.25) is 0 Å². The van der Waals surface area contributed by atoms with Gasteiger partial charge in [0.25, 0.3) is 5.91 Å². The number of carbonyl (C=O) groups excluding carboxylic acids is 1. The third kappa shape index (κ3) is 5.18. The number of halogens is 2. The van der Waals surface area contributed by atoms with Crippen LogP contribution in [0.25, 0.3) is 0 Å². The molecule has 0 radical (unpaired) electrons. The summed E-state index contributed by atoms with van der Waals surface area (Å²) in [5.41, 5.74) is 5.13. The molecule has 0 saturated carbocycles. The first-order valence-electron chi connectivity index (χ1n) is 6.94. The topological polar surface area (TPSA) is 50.7 Å². The van der Waals surface area contributed by atoms with Crippen LogP contribution in [0.3, 0.4) is 0 Å². The molecule has 0 spiro atoms. The van der Waals surface area contributed by atoms with Crippen molar-refractivity contribution in [3.8, 4) is 5.75 Å². The minimum Gasteiger partial charge on any atom is -0.482 e. The number of nitrogens with one attached hydrogen (secondary N) is 1. The molecule has 0 fully saturated rings. The van der Waals surface area contributed by atoms with E-state index in [0.717, 1.165) is 25.8 Å². The summed E-state index contributed by atoms with van der Waals surface area (Å²) in [4.78, 5) is 11.9. The third-order valence-electron chi connectivity index (χ3n) is 3.08. The van der Waals surface area contributed by atoms with Gasteiger partial charge in [-0.15, -0.1) is 0 Å². The maximum atomic E-state index is 11.9. The number of amides is 1. The van der Waals surface area contributed by atoms with E-state index in [2.05, 4.69) is 42.4 Å². The Morgan fingerprint density at radius 3 is 2.57 bits per heavy atom. The minimum atomic E-state index is -0.311. The average molecular weight is 440 g/mol. The Hall–Kier alpha value is -1.66. The molecule has 0 saturated heterocycles. The van der Waals surface area contributed by atoms with Gasteiger partial charge in [0.2, 0.25) is 0 Å². The van der Waals surface area contributed by atoms with E-state index in [1.807, 2.05) is 56.3 Å². The first-order chi connectivity index (χ1) is 11.0. The van der Waals surface area contributed by atoms with Crippen LogP contribution in [0.4, 0.5) is 0 Å². The van der Waals surface area contributed by atoms with Gasteiger partial charge in [-0.1, -0.05) is 46.3 Å². The van der Waals surface area contributed by atoms with Crippen molar-refractivity contribution in [2.24, 2.45) is 5.10 Å². The van der Waals surface area contributed by atoms with E-state index in [4.69, 9.17) is 4.74 Å². The van der Waals surface area contributed by atoms with E-state index in [-0.39, 0.29) is 12.5 Å². The predicted octanol–water partition coefficient (Wildman–Crippen LogP) is 4.44. The number of aryl methyl sites for hydroxylation is 1. The van der Waals surface area contributed by atoms with E-state index < -0.39 is 0 Å². The van der Waals surface area contributed by atoms with Crippen LogP contribution in [-0.4, -0.2) is 18.2 Å². The Morgan fingerprint density at radius 2 is 1.91 bits per heavy atom. The molecule has 1 amide bonds. The van der Waals surface area contributed by atoms with Crippen molar-refractivity contribution < 1.29 is 9.53 Å². The summed E-state index contributed by atoms with van der Waals surface area (Å²) in [5.74, 6) is 0.335. The van der Waals surface area contributed by atoms with Crippen LogP contribution >= 0.6 is 31.9 Å². The molecule has 2 aromatic carbocycles. The fourth-order valence-electron chi connectivity index (χ4n) is 1.93. The number of carbonyl (C=O) groups is 1. The van der Waals surface area contributed by atoms with E-state index in [0.29, 0.717) is 5.75 Å². The highest BCUT2D eigenvalue weighted by Crippen LogP contribution is 2.32. The number of nitrogens with zero attached hydrogens (tertiary/aromatic N) is 1. The molecule has 6 heteroatoms. The quantitative estimate of drug-likeness (QED) is 0.553. The average Bonchev–Trinajstić information content (AvgIpc) is 2.52. The lowest BCUT2D eigenvalue weighted by Gasteiger charge is -2.11. The van der Waals surface area contributed by atoms with E-state index >= 15 is 0 Å².